The molecular formula is C25H22N2. The number of nitrogens with one attached hydrogen (secondary N) is 1. The van der Waals surface area contributed by atoms with Crippen LogP contribution in [-0.2, 0) is 0 Å². The molecule has 0 saturated heterocycles. The van der Waals surface area contributed by atoms with Crippen molar-refractivity contribution in [3.05, 3.63) is 108 Å². The Morgan fingerprint density at radius 3 is 2.00 bits per heavy atom. The maximum Gasteiger partial charge on any atom is 0.138 e. The first-order valence-electron chi connectivity index (χ1n) is 9.16. The van der Waals surface area contributed by atoms with Crippen LogP contribution in [0.25, 0.3) is 10.8 Å². The van der Waals surface area contributed by atoms with E-state index in [-0.39, 0.29) is 0 Å². The lowest BCUT2D eigenvalue weighted by atomic mass is 10.1. The van der Waals surface area contributed by atoms with E-state index in [1.54, 1.807) is 0 Å². The summed E-state index contributed by atoms with van der Waals surface area (Å²) in [5.74, 6) is 0.841. The van der Waals surface area contributed by atoms with Crippen molar-refractivity contribution in [2.75, 3.05) is 5.32 Å². The molecule has 0 amide bonds. The van der Waals surface area contributed by atoms with Gasteiger partial charge >= 0.3 is 0 Å². The van der Waals surface area contributed by atoms with Gasteiger partial charge in [-0.25, -0.2) is 4.99 Å². The number of hydrogen-bond donors (Lipinski definition) is 1. The first-order chi connectivity index (χ1) is 13.2. The summed E-state index contributed by atoms with van der Waals surface area (Å²) >= 11 is 0. The minimum Gasteiger partial charge on any atom is -0.340 e. The Morgan fingerprint density at radius 1 is 0.667 bits per heavy atom. The summed E-state index contributed by atoms with van der Waals surface area (Å²) in [4.78, 5) is 4.90. The fraction of sp³-hybridized carbons (Fsp3) is 0.0800. The van der Waals surface area contributed by atoms with Crippen molar-refractivity contribution in [1.82, 2.24) is 0 Å². The highest BCUT2D eigenvalue weighted by Gasteiger charge is 2.06. The van der Waals surface area contributed by atoms with Crippen molar-refractivity contribution >= 4 is 28.0 Å². The molecule has 0 heterocycles. The standard InChI is InChI=1S/C25H22N2/c1-18-7-13-23(14-8-18)26-25(27-24-15-9-19(2)10-16-24)22-12-11-20-5-3-4-6-21(20)17-22/h3-17H,1-2H3,(H,26,27). The number of anilines is 1. The average molecular weight is 350 g/mol. The van der Waals surface area contributed by atoms with E-state index in [1.165, 1.54) is 21.9 Å². The predicted octanol–water partition coefficient (Wildman–Crippen LogP) is 6.65. The van der Waals surface area contributed by atoms with E-state index in [4.69, 9.17) is 4.99 Å². The highest BCUT2D eigenvalue weighted by molar-refractivity contribution is 6.11. The Balaban J connectivity index is 1.78. The van der Waals surface area contributed by atoms with Crippen LogP contribution < -0.4 is 5.32 Å². The number of benzene rings is 4. The van der Waals surface area contributed by atoms with E-state index >= 15 is 0 Å². The minimum atomic E-state index is 0.841. The first-order valence-corrected chi connectivity index (χ1v) is 9.16. The van der Waals surface area contributed by atoms with E-state index in [0.717, 1.165) is 22.8 Å². The molecule has 4 aromatic carbocycles. The van der Waals surface area contributed by atoms with E-state index in [9.17, 15) is 0 Å². The Hall–Kier alpha value is -3.39. The number of fused-ring (bicyclic) bond motifs is 1. The zero-order chi connectivity index (χ0) is 18.6. The monoisotopic (exact) mass is 350 g/mol. The third-order valence-corrected chi connectivity index (χ3v) is 4.61. The van der Waals surface area contributed by atoms with Gasteiger partial charge in [-0.1, -0.05) is 71.8 Å². The second-order valence-electron chi connectivity index (χ2n) is 6.85. The van der Waals surface area contributed by atoms with Crippen molar-refractivity contribution in [2.24, 2.45) is 4.99 Å². The third-order valence-electron chi connectivity index (χ3n) is 4.61. The van der Waals surface area contributed by atoms with Crippen molar-refractivity contribution in [3.63, 3.8) is 0 Å². The van der Waals surface area contributed by atoms with Crippen LogP contribution in [0, 0.1) is 13.8 Å². The van der Waals surface area contributed by atoms with Gasteiger partial charge in [0.25, 0.3) is 0 Å². The van der Waals surface area contributed by atoms with Gasteiger partial charge in [0, 0.05) is 11.3 Å². The third kappa shape index (κ3) is 4.06. The van der Waals surface area contributed by atoms with Crippen LogP contribution in [0.5, 0.6) is 0 Å². The maximum atomic E-state index is 4.90. The van der Waals surface area contributed by atoms with Crippen LogP contribution in [0.3, 0.4) is 0 Å². The lowest BCUT2D eigenvalue weighted by Crippen LogP contribution is -2.13. The number of amidine groups is 1. The number of hydrogen-bond acceptors (Lipinski definition) is 1. The largest absolute Gasteiger partial charge is 0.340 e. The van der Waals surface area contributed by atoms with Gasteiger partial charge in [0.1, 0.15) is 5.84 Å². The zero-order valence-electron chi connectivity index (χ0n) is 15.6. The summed E-state index contributed by atoms with van der Waals surface area (Å²) in [5, 5.41) is 5.93. The molecule has 0 atom stereocenters. The quantitative estimate of drug-likeness (QED) is 0.325. The van der Waals surface area contributed by atoms with Crippen LogP contribution in [0.1, 0.15) is 16.7 Å². The van der Waals surface area contributed by atoms with Crippen molar-refractivity contribution in [1.29, 1.82) is 0 Å². The van der Waals surface area contributed by atoms with Crippen LogP contribution in [0.4, 0.5) is 11.4 Å². The summed E-state index contributed by atoms with van der Waals surface area (Å²) < 4.78 is 0. The molecule has 0 aliphatic carbocycles. The van der Waals surface area contributed by atoms with Crippen LogP contribution in [-0.4, -0.2) is 5.84 Å². The summed E-state index contributed by atoms with van der Waals surface area (Å²) in [6, 6.07) is 31.5. The summed E-state index contributed by atoms with van der Waals surface area (Å²) in [6.45, 7) is 4.18. The molecule has 0 saturated carbocycles. The molecule has 2 nitrogen and oxygen atoms in total. The topological polar surface area (TPSA) is 24.4 Å². The molecule has 0 radical (unpaired) electrons. The van der Waals surface area contributed by atoms with Gasteiger partial charge in [0.2, 0.25) is 0 Å². The lowest BCUT2D eigenvalue weighted by Gasteiger charge is -2.12. The molecule has 0 aliphatic heterocycles. The number of rotatable bonds is 3. The zero-order valence-corrected chi connectivity index (χ0v) is 15.6. The molecule has 0 bridgehead atoms. The number of aryl methyl sites for hydroxylation is 2. The number of nitrogens with zero attached hydrogens (tertiary/aromatic N) is 1. The van der Waals surface area contributed by atoms with Gasteiger partial charge in [0.05, 0.1) is 5.69 Å². The van der Waals surface area contributed by atoms with Crippen LogP contribution in [0.15, 0.2) is 96.0 Å². The highest BCUT2D eigenvalue weighted by Crippen LogP contribution is 2.21. The normalized spacial score (nSPS) is 11.6. The Labute approximate surface area is 160 Å². The second-order valence-corrected chi connectivity index (χ2v) is 6.85. The van der Waals surface area contributed by atoms with E-state index in [2.05, 4.69) is 98.0 Å². The molecule has 0 aromatic heterocycles. The highest BCUT2D eigenvalue weighted by atomic mass is 15.0. The van der Waals surface area contributed by atoms with Crippen molar-refractivity contribution in [2.45, 2.75) is 13.8 Å². The molecule has 27 heavy (non-hydrogen) atoms. The van der Waals surface area contributed by atoms with E-state index in [1.807, 2.05) is 12.1 Å². The summed E-state index contributed by atoms with van der Waals surface area (Å²) in [5.41, 5.74) is 5.49. The molecular weight excluding hydrogens is 328 g/mol. The fourth-order valence-corrected chi connectivity index (χ4v) is 3.02. The molecule has 4 aromatic rings. The van der Waals surface area contributed by atoms with Gasteiger partial charge < -0.3 is 5.32 Å². The van der Waals surface area contributed by atoms with Crippen molar-refractivity contribution in [3.8, 4) is 0 Å². The molecule has 4 rings (SSSR count). The second kappa shape index (κ2) is 7.46. The Bertz CT molecular complexity index is 1090. The molecule has 1 N–H and O–H groups in total. The maximum absolute atomic E-state index is 4.90. The minimum absolute atomic E-state index is 0.841. The Kier molecular flexibility index (Phi) is 4.71. The molecule has 0 unspecified atom stereocenters. The molecule has 0 fully saturated rings. The average Bonchev–Trinajstić information content (AvgIpc) is 2.70. The van der Waals surface area contributed by atoms with Gasteiger partial charge in [-0.3, -0.25) is 0 Å². The van der Waals surface area contributed by atoms with Gasteiger partial charge in [-0.2, -0.15) is 0 Å². The Morgan fingerprint density at radius 2 is 1.30 bits per heavy atom. The predicted molar refractivity (Wildman–Crippen MR) is 116 cm³/mol. The summed E-state index contributed by atoms with van der Waals surface area (Å²) in [7, 11) is 0. The van der Waals surface area contributed by atoms with E-state index < -0.39 is 0 Å². The van der Waals surface area contributed by atoms with Crippen LogP contribution >= 0.6 is 0 Å². The SMILES string of the molecule is Cc1ccc(N=C(Nc2ccc(C)cc2)c2ccc3ccccc3c2)cc1. The van der Waals surface area contributed by atoms with Gasteiger partial charge in [0.15, 0.2) is 0 Å². The fourth-order valence-electron chi connectivity index (χ4n) is 3.02. The first kappa shape index (κ1) is 17.0. The smallest absolute Gasteiger partial charge is 0.138 e. The molecule has 132 valence electrons. The van der Waals surface area contributed by atoms with Crippen LogP contribution in [0.2, 0.25) is 0 Å². The van der Waals surface area contributed by atoms with Gasteiger partial charge in [-0.15, -0.1) is 0 Å². The molecule has 0 spiro atoms. The molecule has 0 aliphatic rings. The lowest BCUT2D eigenvalue weighted by molar-refractivity contribution is 1.41. The summed E-state index contributed by atoms with van der Waals surface area (Å²) in [6.07, 6.45) is 0. The van der Waals surface area contributed by atoms with E-state index in [0.29, 0.717) is 0 Å². The molecule has 2 heteroatoms. The van der Waals surface area contributed by atoms with Crippen molar-refractivity contribution < 1.29 is 0 Å². The number of aliphatic imine (C=N–C) groups is 1. The van der Waals surface area contributed by atoms with Gasteiger partial charge in [-0.05, 0) is 55.0 Å².